The lowest BCUT2D eigenvalue weighted by molar-refractivity contribution is 0.0998. The summed E-state index contributed by atoms with van der Waals surface area (Å²) in [5.41, 5.74) is 8.77. The third-order valence-corrected chi connectivity index (χ3v) is 4.24. The largest absolute Gasteiger partial charge is 0.366 e. The highest BCUT2D eigenvalue weighted by molar-refractivity contribution is 6.30. The molecule has 1 aliphatic rings. The number of fused-ring (bicyclic) bond motifs is 1. The number of pyridine rings is 1. The van der Waals surface area contributed by atoms with Crippen LogP contribution in [-0.2, 0) is 6.42 Å². The molecule has 1 aliphatic carbocycles. The Labute approximate surface area is 126 Å². The fraction of sp³-hybridized carbons (Fsp3) is 0.250. The van der Waals surface area contributed by atoms with E-state index in [1.165, 1.54) is 6.07 Å². The summed E-state index contributed by atoms with van der Waals surface area (Å²) in [5.74, 6) is -0.949. The monoisotopic (exact) mass is 304 g/mol. The summed E-state index contributed by atoms with van der Waals surface area (Å²) in [7, 11) is 0. The average Bonchev–Trinajstić information content (AvgIpc) is 2.81. The number of carbonyl (C=O) groups excluding carboxylic acids is 1. The number of primary amides is 1. The van der Waals surface area contributed by atoms with E-state index in [4.69, 9.17) is 17.3 Å². The Morgan fingerprint density at radius 2 is 2.24 bits per heavy atom. The number of benzene rings is 1. The van der Waals surface area contributed by atoms with Gasteiger partial charge in [-0.25, -0.2) is 4.39 Å². The summed E-state index contributed by atoms with van der Waals surface area (Å²) in [5, 5.41) is 0.353. The Morgan fingerprint density at radius 1 is 1.48 bits per heavy atom. The smallest absolute Gasteiger partial charge is 0.250 e. The van der Waals surface area contributed by atoms with Crippen LogP contribution in [0.2, 0.25) is 5.02 Å². The topological polar surface area (TPSA) is 56.0 Å². The lowest BCUT2D eigenvalue weighted by Gasteiger charge is -2.16. The minimum Gasteiger partial charge on any atom is -0.366 e. The molecule has 2 aromatic rings. The van der Waals surface area contributed by atoms with Gasteiger partial charge in [0.1, 0.15) is 5.82 Å². The van der Waals surface area contributed by atoms with Crippen molar-refractivity contribution in [1.82, 2.24) is 4.98 Å². The molecule has 1 heterocycles. The van der Waals surface area contributed by atoms with E-state index < -0.39 is 5.91 Å². The van der Waals surface area contributed by atoms with Gasteiger partial charge >= 0.3 is 0 Å². The fourth-order valence-electron chi connectivity index (χ4n) is 3.09. The van der Waals surface area contributed by atoms with Gasteiger partial charge in [0.15, 0.2) is 0 Å². The van der Waals surface area contributed by atoms with Crippen LogP contribution in [0.1, 0.15) is 45.1 Å². The van der Waals surface area contributed by atoms with Gasteiger partial charge in [-0.15, -0.1) is 0 Å². The van der Waals surface area contributed by atoms with Crippen LogP contribution in [0.4, 0.5) is 4.39 Å². The van der Waals surface area contributed by atoms with E-state index in [1.54, 1.807) is 18.3 Å². The minimum absolute atomic E-state index is 0.143. The van der Waals surface area contributed by atoms with Crippen molar-refractivity contribution < 1.29 is 9.18 Å². The molecule has 0 bridgehead atoms. The molecule has 108 valence electrons. The Bertz CT molecular complexity index is 745. The van der Waals surface area contributed by atoms with Gasteiger partial charge in [0.05, 0.1) is 11.3 Å². The normalized spacial score (nSPS) is 16.8. The number of carbonyl (C=O) groups is 1. The fourth-order valence-corrected chi connectivity index (χ4v) is 3.30. The number of hydrogen-bond acceptors (Lipinski definition) is 2. The van der Waals surface area contributed by atoms with Gasteiger partial charge in [-0.1, -0.05) is 11.6 Å². The first-order chi connectivity index (χ1) is 9.99. The van der Waals surface area contributed by atoms with Gasteiger partial charge in [0.2, 0.25) is 0 Å². The Hall–Kier alpha value is -1.94. The molecule has 0 radical (unpaired) electrons. The summed E-state index contributed by atoms with van der Waals surface area (Å²) in [6.45, 7) is 1.82. The number of aromatic nitrogens is 1. The van der Waals surface area contributed by atoms with Gasteiger partial charge in [-0.2, -0.15) is 0 Å². The van der Waals surface area contributed by atoms with Crippen LogP contribution in [0.3, 0.4) is 0 Å². The van der Waals surface area contributed by atoms with Gasteiger partial charge in [0.25, 0.3) is 5.91 Å². The second kappa shape index (κ2) is 5.11. The van der Waals surface area contributed by atoms with Crippen LogP contribution in [0, 0.1) is 12.7 Å². The molecule has 2 N–H and O–H groups in total. The van der Waals surface area contributed by atoms with Crippen molar-refractivity contribution in [2.75, 3.05) is 0 Å². The molecule has 0 saturated heterocycles. The van der Waals surface area contributed by atoms with E-state index >= 15 is 0 Å². The molecular weight excluding hydrogens is 291 g/mol. The first-order valence-corrected chi connectivity index (χ1v) is 7.10. The summed E-state index contributed by atoms with van der Waals surface area (Å²) in [6, 6.07) is 4.83. The summed E-state index contributed by atoms with van der Waals surface area (Å²) >= 11 is 5.96. The molecule has 1 atom stereocenters. The summed E-state index contributed by atoms with van der Waals surface area (Å²) in [4.78, 5) is 16.1. The maximum absolute atomic E-state index is 14.0. The molecule has 0 fully saturated rings. The van der Waals surface area contributed by atoms with Crippen molar-refractivity contribution in [3.8, 4) is 0 Å². The Balaban J connectivity index is 2.18. The predicted octanol–water partition coefficient (Wildman–Crippen LogP) is 3.36. The maximum Gasteiger partial charge on any atom is 0.250 e. The number of nitrogens with two attached hydrogens (primary N) is 1. The molecular formula is C16H14ClFN2O. The molecule has 1 aromatic heterocycles. The average molecular weight is 305 g/mol. The van der Waals surface area contributed by atoms with Crippen molar-refractivity contribution >= 4 is 17.5 Å². The zero-order valence-electron chi connectivity index (χ0n) is 11.5. The van der Waals surface area contributed by atoms with Crippen LogP contribution >= 0.6 is 11.6 Å². The minimum atomic E-state index is -0.508. The van der Waals surface area contributed by atoms with E-state index in [2.05, 4.69) is 4.98 Å². The standard InChI is InChI=1S/C16H14ClFN2O/c1-8-4-5-20-15(14(8)16(19)21)11-3-2-10-12(11)6-9(17)7-13(10)18/h4-7,11H,2-3H2,1H3,(H2,19,21)/t11-/m1/s1. The van der Waals surface area contributed by atoms with E-state index in [0.717, 1.165) is 11.1 Å². The van der Waals surface area contributed by atoms with Crippen molar-refractivity contribution in [2.45, 2.75) is 25.7 Å². The molecule has 1 amide bonds. The maximum atomic E-state index is 14.0. The van der Waals surface area contributed by atoms with Gasteiger partial charge in [-0.05, 0) is 54.7 Å². The van der Waals surface area contributed by atoms with Gasteiger partial charge in [-0.3, -0.25) is 9.78 Å². The predicted molar refractivity (Wildman–Crippen MR) is 79.1 cm³/mol. The quantitative estimate of drug-likeness (QED) is 0.925. The van der Waals surface area contributed by atoms with Gasteiger partial charge in [0, 0.05) is 17.1 Å². The third kappa shape index (κ3) is 2.29. The van der Waals surface area contributed by atoms with Crippen molar-refractivity contribution in [1.29, 1.82) is 0 Å². The molecule has 3 nitrogen and oxygen atoms in total. The number of nitrogens with zero attached hydrogens (tertiary/aromatic N) is 1. The SMILES string of the molecule is Cc1ccnc([C@@H]2CCc3c(F)cc(Cl)cc32)c1C(N)=O. The zero-order chi connectivity index (χ0) is 15.1. The molecule has 0 aliphatic heterocycles. The first kappa shape index (κ1) is 14.0. The van der Waals surface area contributed by atoms with Crippen LogP contribution in [0.25, 0.3) is 0 Å². The molecule has 0 unspecified atom stereocenters. The third-order valence-electron chi connectivity index (χ3n) is 4.02. The molecule has 1 aromatic carbocycles. The summed E-state index contributed by atoms with van der Waals surface area (Å²) < 4.78 is 14.0. The second-order valence-corrected chi connectivity index (χ2v) is 5.74. The lowest BCUT2D eigenvalue weighted by Crippen LogP contribution is -2.18. The second-order valence-electron chi connectivity index (χ2n) is 5.30. The number of amides is 1. The van der Waals surface area contributed by atoms with E-state index in [1.807, 2.05) is 6.92 Å². The number of rotatable bonds is 2. The molecule has 3 rings (SSSR count). The van der Waals surface area contributed by atoms with Crippen LogP contribution in [-0.4, -0.2) is 10.9 Å². The highest BCUT2D eigenvalue weighted by Gasteiger charge is 2.31. The van der Waals surface area contributed by atoms with E-state index in [9.17, 15) is 9.18 Å². The van der Waals surface area contributed by atoms with Crippen LogP contribution < -0.4 is 5.73 Å². The van der Waals surface area contributed by atoms with Crippen molar-refractivity contribution in [3.05, 3.63) is 63.2 Å². The number of halogens is 2. The van der Waals surface area contributed by atoms with Crippen molar-refractivity contribution in [2.24, 2.45) is 5.73 Å². The molecule has 5 heteroatoms. The number of hydrogen-bond donors (Lipinski definition) is 1. The first-order valence-electron chi connectivity index (χ1n) is 6.72. The van der Waals surface area contributed by atoms with Gasteiger partial charge < -0.3 is 5.73 Å². The molecule has 0 saturated carbocycles. The zero-order valence-corrected chi connectivity index (χ0v) is 12.2. The highest BCUT2D eigenvalue weighted by Crippen LogP contribution is 2.41. The molecule has 21 heavy (non-hydrogen) atoms. The van der Waals surface area contributed by atoms with E-state index in [-0.39, 0.29) is 11.7 Å². The Morgan fingerprint density at radius 3 is 2.95 bits per heavy atom. The van der Waals surface area contributed by atoms with Crippen LogP contribution in [0.15, 0.2) is 24.4 Å². The molecule has 0 spiro atoms. The van der Waals surface area contributed by atoms with Crippen molar-refractivity contribution in [3.63, 3.8) is 0 Å². The lowest BCUT2D eigenvalue weighted by atomic mass is 9.92. The van der Waals surface area contributed by atoms with Crippen LogP contribution in [0.5, 0.6) is 0 Å². The van der Waals surface area contributed by atoms with E-state index in [0.29, 0.717) is 34.7 Å². The Kier molecular flexibility index (Phi) is 3.41. The summed E-state index contributed by atoms with van der Waals surface area (Å²) in [6.07, 6.45) is 2.95. The number of aryl methyl sites for hydroxylation is 1. The highest BCUT2D eigenvalue weighted by atomic mass is 35.5.